The van der Waals surface area contributed by atoms with E-state index in [-0.39, 0.29) is 6.04 Å². The van der Waals surface area contributed by atoms with Gasteiger partial charge in [-0.1, -0.05) is 35.9 Å². The van der Waals surface area contributed by atoms with Crippen molar-refractivity contribution < 1.29 is 0 Å². The Morgan fingerprint density at radius 2 is 1.74 bits per heavy atom. The zero-order valence-corrected chi connectivity index (χ0v) is 16.3. The van der Waals surface area contributed by atoms with Crippen LogP contribution in [0, 0.1) is 6.92 Å². The number of benzene rings is 2. The molecular weight excluding hydrogens is 360 g/mol. The number of aromatic nitrogens is 4. The Hall–Kier alpha value is -2.44. The molecule has 1 aliphatic heterocycles. The average Bonchev–Trinajstić information content (AvgIpc) is 3.20. The van der Waals surface area contributed by atoms with Gasteiger partial charge in [-0.15, -0.1) is 5.10 Å². The summed E-state index contributed by atoms with van der Waals surface area (Å²) in [5.41, 5.74) is 3.47. The second kappa shape index (κ2) is 7.66. The van der Waals surface area contributed by atoms with Crippen molar-refractivity contribution in [2.24, 2.45) is 0 Å². The van der Waals surface area contributed by atoms with Crippen molar-refractivity contribution in [3.05, 3.63) is 64.9 Å². The fraction of sp³-hybridized carbons (Fsp3) is 0.350. The normalized spacial score (nSPS) is 16.5. The highest BCUT2D eigenvalue weighted by Crippen LogP contribution is 2.27. The summed E-state index contributed by atoms with van der Waals surface area (Å²) in [6.07, 6.45) is 0. The molecule has 4 rings (SSSR count). The average molecular weight is 383 g/mol. The van der Waals surface area contributed by atoms with Gasteiger partial charge in [0.1, 0.15) is 0 Å². The van der Waals surface area contributed by atoms with Crippen molar-refractivity contribution in [2.45, 2.75) is 19.9 Å². The summed E-state index contributed by atoms with van der Waals surface area (Å²) in [6.45, 7) is 8.13. The molecule has 0 spiro atoms. The maximum Gasteiger partial charge on any atom is 0.173 e. The van der Waals surface area contributed by atoms with E-state index in [0.29, 0.717) is 0 Å². The van der Waals surface area contributed by atoms with Gasteiger partial charge in [0.05, 0.1) is 11.7 Å². The van der Waals surface area contributed by atoms with Gasteiger partial charge in [-0.3, -0.25) is 4.90 Å². The Morgan fingerprint density at radius 3 is 2.48 bits per heavy atom. The zero-order valence-electron chi connectivity index (χ0n) is 15.6. The molecule has 0 aliphatic carbocycles. The summed E-state index contributed by atoms with van der Waals surface area (Å²) in [7, 11) is 0. The van der Waals surface area contributed by atoms with E-state index < -0.39 is 0 Å². The molecule has 1 atom stereocenters. The van der Waals surface area contributed by atoms with E-state index in [4.69, 9.17) is 11.6 Å². The van der Waals surface area contributed by atoms with Crippen LogP contribution in [-0.2, 0) is 0 Å². The molecule has 7 heteroatoms. The largest absolute Gasteiger partial charge is 0.369 e. The molecule has 0 amide bonds. The van der Waals surface area contributed by atoms with Gasteiger partial charge >= 0.3 is 0 Å². The third-order valence-corrected chi connectivity index (χ3v) is 5.48. The third-order valence-electron chi connectivity index (χ3n) is 5.24. The van der Waals surface area contributed by atoms with Crippen molar-refractivity contribution in [3.63, 3.8) is 0 Å². The summed E-state index contributed by atoms with van der Waals surface area (Å²) in [4.78, 5) is 4.84. The molecule has 27 heavy (non-hydrogen) atoms. The highest BCUT2D eigenvalue weighted by molar-refractivity contribution is 6.30. The van der Waals surface area contributed by atoms with Gasteiger partial charge in [-0.25, -0.2) is 0 Å². The molecule has 2 heterocycles. The van der Waals surface area contributed by atoms with E-state index in [1.54, 1.807) is 0 Å². The van der Waals surface area contributed by atoms with Crippen LogP contribution in [0.1, 0.15) is 24.4 Å². The monoisotopic (exact) mass is 382 g/mol. The van der Waals surface area contributed by atoms with E-state index in [1.165, 1.54) is 11.3 Å². The fourth-order valence-corrected chi connectivity index (χ4v) is 3.81. The summed E-state index contributed by atoms with van der Waals surface area (Å²) in [6, 6.07) is 16.3. The van der Waals surface area contributed by atoms with E-state index in [1.807, 2.05) is 41.1 Å². The van der Waals surface area contributed by atoms with Crippen molar-refractivity contribution in [2.75, 3.05) is 31.1 Å². The minimum atomic E-state index is 0.141. The lowest BCUT2D eigenvalue weighted by molar-refractivity contribution is 0.189. The zero-order chi connectivity index (χ0) is 18.8. The molecule has 3 aromatic rings. The van der Waals surface area contributed by atoms with Crippen LogP contribution in [0.15, 0.2) is 48.5 Å². The van der Waals surface area contributed by atoms with Crippen molar-refractivity contribution in [1.82, 2.24) is 25.1 Å². The van der Waals surface area contributed by atoms with Crippen LogP contribution in [-0.4, -0.2) is 51.3 Å². The summed E-state index contributed by atoms with van der Waals surface area (Å²) >= 11 is 6.20. The Balaban J connectivity index is 1.48. The summed E-state index contributed by atoms with van der Waals surface area (Å²) in [5.74, 6) is 0.869. The lowest BCUT2D eigenvalue weighted by Gasteiger charge is -2.39. The number of piperazine rings is 1. The van der Waals surface area contributed by atoms with Crippen LogP contribution in [0.3, 0.4) is 0 Å². The van der Waals surface area contributed by atoms with Gasteiger partial charge in [0.2, 0.25) is 0 Å². The van der Waals surface area contributed by atoms with Crippen molar-refractivity contribution >= 4 is 17.3 Å². The van der Waals surface area contributed by atoms with E-state index in [0.717, 1.165) is 42.7 Å². The first kappa shape index (κ1) is 17.9. The first-order chi connectivity index (χ1) is 13.1. The molecule has 6 nitrogen and oxygen atoms in total. The molecule has 1 aromatic heterocycles. The maximum absolute atomic E-state index is 6.20. The quantitative estimate of drug-likeness (QED) is 0.691. The number of anilines is 1. The molecule has 0 saturated carbocycles. The van der Waals surface area contributed by atoms with E-state index in [9.17, 15) is 0 Å². The highest BCUT2D eigenvalue weighted by Gasteiger charge is 2.26. The van der Waals surface area contributed by atoms with Crippen LogP contribution in [0.2, 0.25) is 5.02 Å². The van der Waals surface area contributed by atoms with E-state index >= 15 is 0 Å². The fourth-order valence-electron chi connectivity index (χ4n) is 3.64. The van der Waals surface area contributed by atoms with Gasteiger partial charge in [-0.05, 0) is 54.1 Å². The maximum atomic E-state index is 6.20. The number of halogens is 1. The SMILES string of the molecule is Cc1ccc(Cl)cc1N1CCN([C@@H](C)c2nnnn2-c2ccccc2)CC1. The molecule has 1 saturated heterocycles. The van der Waals surface area contributed by atoms with Crippen LogP contribution in [0.4, 0.5) is 5.69 Å². The predicted octanol–water partition coefficient (Wildman–Crippen LogP) is 3.51. The Bertz CT molecular complexity index is 902. The smallest absolute Gasteiger partial charge is 0.173 e. The molecule has 1 fully saturated rings. The molecule has 2 aromatic carbocycles. The van der Waals surface area contributed by atoms with Gasteiger partial charge in [0.25, 0.3) is 0 Å². The molecule has 0 N–H and O–H groups in total. The number of hydrogen-bond donors (Lipinski definition) is 0. The van der Waals surface area contributed by atoms with Gasteiger partial charge in [0, 0.05) is 36.9 Å². The second-order valence-corrected chi connectivity index (χ2v) is 7.35. The lowest BCUT2D eigenvalue weighted by Crippen LogP contribution is -2.47. The van der Waals surface area contributed by atoms with Crippen molar-refractivity contribution in [3.8, 4) is 5.69 Å². The van der Waals surface area contributed by atoms with E-state index in [2.05, 4.69) is 51.3 Å². The number of aryl methyl sites for hydroxylation is 1. The molecule has 0 unspecified atom stereocenters. The van der Waals surface area contributed by atoms with Gasteiger partial charge in [-0.2, -0.15) is 4.68 Å². The minimum absolute atomic E-state index is 0.141. The van der Waals surface area contributed by atoms with Crippen molar-refractivity contribution in [1.29, 1.82) is 0 Å². The summed E-state index contributed by atoms with van der Waals surface area (Å²) < 4.78 is 1.83. The van der Waals surface area contributed by atoms with Crippen LogP contribution >= 0.6 is 11.6 Å². The first-order valence-corrected chi connectivity index (χ1v) is 9.60. The summed E-state index contributed by atoms with van der Waals surface area (Å²) in [5, 5.41) is 13.2. The number of nitrogens with zero attached hydrogens (tertiary/aromatic N) is 6. The second-order valence-electron chi connectivity index (χ2n) is 6.91. The van der Waals surface area contributed by atoms with Crippen LogP contribution < -0.4 is 4.90 Å². The Morgan fingerprint density at radius 1 is 1.00 bits per heavy atom. The molecular formula is C20H23ClN6. The van der Waals surface area contributed by atoms with Crippen LogP contribution in [0.25, 0.3) is 5.69 Å². The minimum Gasteiger partial charge on any atom is -0.369 e. The first-order valence-electron chi connectivity index (χ1n) is 9.22. The Labute approximate surface area is 164 Å². The number of hydrogen-bond acceptors (Lipinski definition) is 5. The molecule has 0 bridgehead atoms. The highest BCUT2D eigenvalue weighted by atomic mass is 35.5. The third kappa shape index (κ3) is 3.68. The predicted molar refractivity (Wildman–Crippen MR) is 108 cm³/mol. The standard InChI is InChI=1S/C20H23ClN6/c1-15-8-9-17(21)14-19(15)26-12-10-25(11-13-26)16(2)20-22-23-24-27(20)18-6-4-3-5-7-18/h3-9,14,16H,10-13H2,1-2H3/t16-/m0/s1. The molecule has 0 radical (unpaired) electrons. The Kier molecular flexibility index (Phi) is 5.09. The molecule has 140 valence electrons. The molecule has 1 aliphatic rings. The lowest BCUT2D eigenvalue weighted by atomic mass is 10.1. The van der Waals surface area contributed by atoms with Gasteiger partial charge < -0.3 is 4.90 Å². The van der Waals surface area contributed by atoms with Crippen LogP contribution in [0.5, 0.6) is 0 Å². The van der Waals surface area contributed by atoms with Gasteiger partial charge in [0.15, 0.2) is 5.82 Å². The number of para-hydroxylation sites is 1. The number of rotatable bonds is 4. The number of tetrazole rings is 1. The topological polar surface area (TPSA) is 50.1 Å².